The number of carbonyl (C=O) groups excluding carboxylic acids is 1. The Balaban J connectivity index is 1.96. The summed E-state index contributed by atoms with van der Waals surface area (Å²) in [6, 6.07) is 0. The van der Waals surface area contributed by atoms with Gasteiger partial charge in [0.2, 0.25) is 11.9 Å². The first kappa shape index (κ1) is 14.1. The van der Waals surface area contributed by atoms with E-state index in [4.69, 9.17) is 11.6 Å². The third-order valence-electron chi connectivity index (χ3n) is 3.20. The molecule has 5 nitrogen and oxygen atoms in total. The lowest BCUT2D eigenvalue weighted by Crippen LogP contribution is -2.35. The second-order valence-electron chi connectivity index (χ2n) is 4.67. The lowest BCUT2D eigenvalue weighted by molar-refractivity contribution is -0.131. The molecule has 1 amide bonds. The zero-order valence-electron chi connectivity index (χ0n) is 11.2. The molecule has 1 fully saturated rings. The van der Waals surface area contributed by atoms with E-state index in [0.29, 0.717) is 17.4 Å². The van der Waals surface area contributed by atoms with Crippen LogP contribution in [0.1, 0.15) is 26.2 Å². The number of hydrogen-bond acceptors (Lipinski definition) is 4. The molecule has 0 aromatic carbocycles. The average Bonchev–Trinajstić information content (AvgIpc) is 2.66. The number of aromatic nitrogens is 2. The molecular formula is C13H19ClN4O. The number of amides is 1. The molecule has 0 saturated carbocycles. The number of anilines is 1. The SMILES string of the molecule is CCCC(=O)N1CCCN(c2ncc(Cl)cn2)CC1. The van der Waals surface area contributed by atoms with Gasteiger partial charge in [0.05, 0.1) is 17.4 Å². The molecule has 0 spiro atoms. The van der Waals surface area contributed by atoms with Crippen LogP contribution in [0, 0.1) is 0 Å². The lowest BCUT2D eigenvalue weighted by Gasteiger charge is -2.21. The van der Waals surface area contributed by atoms with E-state index in [1.54, 1.807) is 12.4 Å². The highest BCUT2D eigenvalue weighted by atomic mass is 35.5. The van der Waals surface area contributed by atoms with Crippen LogP contribution >= 0.6 is 11.6 Å². The molecule has 1 aliphatic heterocycles. The van der Waals surface area contributed by atoms with E-state index in [-0.39, 0.29) is 5.91 Å². The smallest absolute Gasteiger partial charge is 0.225 e. The number of hydrogen-bond donors (Lipinski definition) is 0. The molecule has 2 rings (SSSR count). The van der Waals surface area contributed by atoms with Crippen molar-refractivity contribution in [3.05, 3.63) is 17.4 Å². The largest absolute Gasteiger partial charge is 0.341 e. The fraction of sp³-hybridized carbons (Fsp3) is 0.615. The Morgan fingerprint density at radius 1 is 1.26 bits per heavy atom. The van der Waals surface area contributed by atoms with Gasteiger partial charge in [0, 0.05) is 32.6 Å². The van der Waals surface area contributed by atoms with Gasteiger partial charge in [0.25, 0.3) is 0 Å². The zero-order chi connectivity index (χ0) is 13.7. The summed E-state index contributed by atoms with van der Waals surface area (Å²) in [4.78, 5) is 24.4. The zero-order valence-corrected chi connectivity index (χ0v) is 11.9. The van der Waals surface area contributed by atoms with Crippen molar-refractivity contribution >= 4 is 23.5 Å². The summed E-state index contributed by atoms with van der Waals surface area (Å²) in [5.41, 5.74) is 0. The van der Waals surface area contributed by atoms with E-state index in [1.807, 2.05) is 11.8 Å². The molecular weight excluding hydrogens is 264 g/mol. The molecule has 1 aromatic heterocycles. The third-order valence-corrected chi connectivity index (χ3v) is 3.40. The Labute approximate surface area is 118 Å². The number of halogens is 1. The molecule has 0 radical (unpaired) electrons. The van der Waals surface area contributed by atoms with Gasteiger partial charge in [-0.3, -0.25) is 4.79 Å². The number of carbonyl (C=O) groups is 1. The normalized spacial score (nSPS) is 16.3. The van der Waals surface area contributed by atoms with Crippen LogP contribution in [0.5, 0.6) is 0 Å². The highest BCUT2D eigenvalue weighted by Crippen LogP contribution is 2.13. The Bertz CT molecular complexity index is 423. The van der Waals surface area contributed by atoms with Gasteiger partial charge in [0.1, 0.15) is 0 Å². The van der Waals surface area contributed by atoms with Gasteiger partial charge in [-0.15, -0.1) is 0 Å². The van der Waals surface area contributed by atoms with Crippen LogP contribution in [0.3, 0.4) is 0 Å². The van der Waals surface area contributed by atoms with Gasteiger partial charge in [-0.2, -0.15) is 0 Å². The highest BCUT2D eigenvalue weighted by Gasteiger charge is 2.19. The minimum Gasteiger partial charge on any atom is -0.341 e. The maximum absolute atomic E-state index is 11.9. The summed E-state index contributed by atoms with van der Waals surface area (Å²) < 4.78 is 0. The van der Waals surface area contributed by atoms with E-state index in [0.717, 1.165) is 39.0 Å². The van der Waals surface area contributed by atoms with Crippen molar-refractivity contribution in [1.29, 1.82) is 0 Å². The van der Waals surface area contributed by atoms with E-state index >= 15 is 0 Å². The molecule has 0 N–H and O–H groups in total. The van der Waals surface area contributed by atoms with Crippen LogP contribution in [-0.2, 0) is 4.79 Å². The molecule has 2 heterocycles. The molecule has 0 aliphatic carbocycles. The van der Waals surface area contributed by atoms with Crippen molar-refractivity contribution in [2.24, 2.45) is 0 Å². The summed E-state index contributed by atoms with van der Waals surface area (Å²) >= 11 is 5.79. The van der Waals surface area contributed by atoms with Crippen LogP contribution in [-0.4, -0.2) is 47.0 Å². The van der Waals surface area contributed by atoms with Crippen LogP contribution in [0.4, 0.5) is 5.95 Å². The average molecular weight is 283 g/mol. The van der Waals surface area contributed by atoms with Crippen LogP contribution in [0.15, 0.2) is 12.4 Å². The van der Waals surface area contributed by atoms with Gasteiger partial charge in [-0.05, 0) is 12.8 Å². The summed E-state index contributed by atoms with van der Waals surface area (Å²) in [7, 11) is 0. The summed E-state index contributed by atoms with van der Waals surface area (Å²) in [6.45, 7) is 5.24. The topological polar surface area (TPSA) is 49.3 Å². The second-order valence-corrected chi connectivity index (χ2v) is 5.11. The van der Waals surface area contributed by atoms with Crippen molar-refractivity contribution in [2.45, 2.75) is 26.2 Å². The molecule has 6 heteroatoms. The van der Waals surface area contributed by atoms with E-state index in [2.05, 4.69) is 14.9 Å². The fourth-order valence-electron chi connectivity index (χ4n) is 2.21. The van der Waals surface area contributed by atoms with Crippen molar-refractivity contribution in [3.8, 4) is 0 Å². The first-order valence-corrected chi connectivity index (χ1v) is 7.08. The van der Waals surface area contributed by atoms with E-state index in [1.165, 1.54) is 0 Å². The van der Waals surface area contributed by atoms with Crippen molar-refractivity contribution in [2.75, 3.05) is 31.1 Å². The highest BCUT2D eigenvalue weighted by molar-refractivity contribution is 6.30. The predicted octanol–water partition coefficient (Wildman–Crippen LogP) is 1.97. The maximum atomic E-state index is 11.9. The molecule has 0 atom stereocenters. The Kier molecular flexibility index (Phi) is 4.96. The monoisotopic (exact) mass is 282 g/mol. The van der Waals surface area contributed by atoms with Gasteiger partial charge in [-0.25, -0.2) is 9.97 Å². The van der Waals surface area contributed by atoms with Crippen molar-refractivity contribution in [1.82, 2.24) is 14.9 Å². The summed E-state index contributed by atoms with van der Waals surface area (Å²) in [6.07, 6.45) is 5.70. The van der Waals surface area contributed by atoms with Crippen LogP contribution < -0.4 is 4.90 Å². The second kappa shape index (κ2) is 6.70. The summed E-state index contributed by atoms with van der Waals surface area (Å²) in [5.74, 6) is 0.940. The van der Waals surface area contributed by atoms with Crippen LogP contribution in [0.25, 0.3) is 0 Å². The molecule has 1 aromatic rings. The Morgan fingerprint density at radius 2 is 2.00 bits per heavy atom. The predicted molar refractivity (Wildman–Crippen MR) is 75.4 cm³/mol. The minimum absolute atomic E-state index is 0.251. The Morgan fingerprint density at radius 3 is 2.68 bits per heavy atom. The van der Waals surface area contributed by atoms with Crippen LogP contribution in [0.2, 0.25) is 5.02 Å². The Hall–Kier alpha value is -1.36. The molecule has 104 valence electrons. The maximum Gasteiger partial charge on any atom is 0.225 e. The first-order valence-electron chi connectivity index (χ1n) is 6.71. The van der Waals surface area contributed by atoms with E-state index < -0.39 is 0 Å². The van der Waals surface area contributed by atoms with Gasteiger partial charge in [0.15, 0.2) is 0 Å². The van der Waals surface area contributed by atoms with Gasteiger partial charge < -0.3 is 9.80 Å². The molecule has 19 heavy (non-hydrogen) atoms. The lowest BCUT2D eigenvalue weighted by atomic mass is 10.3. The van der Waals surface area contributed by atoms with Crippen molar-refractivity contribution in [3.63, 3.8) is 0 Å². The number of nitrogens with zero attached hydrogens (tertiary/aromatic N) is 4. The minimum atomic E-state index is 0.251. The standard InChI is InChI=1S/C13H19ClN4O/c1-2-4-12(19)17-5-3-6-18(8-7-17)13-15-9-11(14)10-16-13/h9-10H,2-8H2,1H3. The fourth-order valence-corrected chi connectivity index (χ4v) is 2.31. The van der Waals surface area contributed by atoms with Gasteiger partial charge in [-0.1, -0.05) is 18.5 Å². The molecule has 1 aliphatic rings. The van der Waals surface area contributed by atoms with Gasteiger partial charge >= 0.3 is 0 Å². The molecule has 0 bridgehead atoms. The quantitative estimate of drug-likeness (QED) is 0.850. The van der Waals surface area contributed by atoms with Crippen molar-refractivity contribution < 1.29 is 4.79 Å². The summed E-state index contributed by atoms with van der Waals surface area (Å²) in [5, 5.41) is 0.540. The third kappa shape index (κ3) is 3.80. The van der Waals surface area contributed by atoms with E-state index in [9.17, 15) is 4.79 Å². The number of rotatable bonds is 3. The first-order chi connectivity index (χ1) is 9.20. The molecule has 1 saturated heterocycles. The molecule has 0 unspecified atom stereocenters.